The molecule has 0 fully saturated rings. The van der Waals surface area contributed by atoms with Crippen LogP contribution in [0.5, 0.6) is 0 Å². The number of amides is 1. The van der Waals surface area contributed by atoms with E-state index in [1.165, 1.54) is 0 Å². The van der Waals surface area contributed by atoms with Crippen LogP contribution in [-0.4, -0.2) is 35.9 Å². The van der Waals surface area contributed by atoms with Crippen molar-refractivity contribution in [3.05, 3.63) is 29.8 Å². The molecule has 0 unspecified atom stereocenters. The second kappa shape index (κ2) is 7.08. The van der Waals surface area contributed by atoms with E-state index in [0.29, 0.717) is 11.5 Å². The van der Waals surface area contributed by atoms with Gasteiger partial charge < -0.3 is 11.1 Å². The first-order valence-electron chi connectivity index (χ1n) is 5.91. The number of carbonyl (C=O) groups excluding carboxylic acids is 1. The van der Waals surface area contributed by atoms with E-state index in [-0.39, 0.29) is 5.91 Å². The third-order valence-corrected chi connectivity index (χ3v) is 2.69. The molecular formula is C13H19N3OS. The minimum absolute atomic E-state index is 0.0361. The first-order valence-corrected chi connectivity index (χ1v) is 6.32. The van der Waals surface area contributed by atoms with E-state index in [0.717, 1.165) is 24.2 Å². The highest BCUT2D eigenvalue weighted by Crippen LogP contribution is 2.10. The van der Waals surface area contributed by atoms with Crippen molar-refractivity contribution in [1.82, 2.24) is 4.90 Å². The lowest BCUT2D eigenvalue weighted by Crippen LogP contribution is -2.30. The Kier molecular flexibility index (Phi) is 5.74. The Bertz CT molecular complexity index is 434. The molecular weight excluding hydrogens is 246 g/mol. The van der Waals surface area contributed by atoms with Gasteiger partial charge in [-0.1, -0.05) is 31.3 Å². The minimum atomic E-state index is -0.0361. The molecule has 1 amide bonds. The fourth-order valence-electron chi connectivity index (χ4n) is 1.66. The topological polar surface area (TPSA) is 58.4 Å². The predicted octanol–water partition coefficient (Wildman–Crippen LogP) is 1.60. The van der Waals surface area contributed by atoms with E-state index in [1.807, 2.05) is 30.1 Å². The number of carbonyl (C=O) groups is 1. The highest BCUT2D eigenvalue weighted by atomic mass is 32.1. The van der Waals surface area contributed by atoms with Crippen LogP contribution in [0.2, 0.25) is 0 Å². The van der Waals surface area contributed by atoms with E-state index >= 15 is 0 Å². The normalized spacial score (nSPS) is 10.4. The Morgan fingerprint density at radius 1 is 1.50 bits per heavy atom. The maximum atomic E-state index is 11.8. The summed E-state index contributed by atoms with van der Waals surface area (Å²) in [6.45, 7) is 3.37. The van der Waals surface area contributed by atoms with Crippen LogP contribution < -0.4 is 11.1 Å². The summed E-state index contributed by atoms with van der Waals surface area (Å²) in [6.07, 6.45) is 1.03. The highest BCUT2D eigenvalue weighted by molar-refractivity contribution is 7.80. The summed E-state index contributed by atoms with van der Waals surface area (Å²) < 4.78 is 0. The zero-order valence-corrected chi connectivity index (χ0v) is 11.6. The van der Waals surface area contributed by atoms with E-state index in [4.69, 9.17) is 18.0 Å². The van der Waals surface area contributed by atoms with E-state index in [9.17, 15) is 4.79 Å². The smallest absolute Gasteiger partial charge is 0.238 e. The Morgan fingerprint density at radius 3 is 2.83 bits per heavy atom. The van der Waals surface area contributed by atoms with Gasteiger partial charge in [0, 0.05) is 11.3 Å². The van der Waals surface area contributed by atoms with Crippen molar-refractivity contribution in [2.45, 2.75) is 13.3 Å². The van der Waals surface area contributed by atoms with Gasteiger partial charge in [0.2, 0.25) is 5.91 Å². The molecule has 0 radical (unpaired) electrons. The zero-order chi connectivity index (χ0) is 13.5. The lowest BCUT2D eigenvalue weighted by atomic mass is 10.2. The van der Waals surface area contributed by atoms with Crippen molar-refractivity contribution in [2.75, 3.05) is 25.5 Å². The molecule has 0 aromatic heterocycles. The molecule has 18 heavy (non-hydrogen) atoms. The van der Waals surface area contributed by atoms with Crippen LogP contribution >= 0.6 is 12.2 Å². The number of nitrogens with one attached hydrogen (secondary N) is 1. The van der Waals surface area contributed by atoms with Gasteiger partial charge in [0.1, 0.15) is 4.99 Å². The van der Waals surface area contributed by atoms with Crippen LogP contribution in [0.15, 0.2) is 24.3 Å². The molecule has 0 aliphatic heterocycles. The number of anilines is 1. The molecule has 0 saturated heterocycles. The Morgan fingerprint density at radius 2 is 2.22 bits per heavy atom. The molecule has 0 bridgehead atoms. The first kappa shape index (κ1) is 14.6. The number of nitrogens with two attached hydrogens (primary N) is 1. The third-order valence-electron chi connectivity index (χ3n) is 2.45. The molecule has 0 saturated carbocycles. The van der Waals surface area contributed by atoms with E-state index in [1.54, 1.807) is 6.07 Å². The summed E-state index contributed by atoms with van der Waals surface area (Å²) in [5.41, 5.74) is 7.02. The number of hydrogen-bond donors (Lipinski definition) is 2. The van der Waals surface area contributed by atoms with Crippen molar-refractivity contribution < 1.29 is 4.79 Å². The van der Waals surface area contributed by atoms with Gasteiger partial charge in [-0.05, 0) is 32.1 Å². The third kappa shape index (κ3) is 4.81. The van der Waals surface area contributed by atoms with Gasteiger partial charge in [-0.25, -0.2) is 0 Å². The number of hydrogen-bond acceptors (Lipinski definition) is 3. The van der Waals surface area contributed by atoms with Gasteiger partial charge in [0.25, 0.3) is 0 Å². The van der Waals surface area contributed by atoms with Gasteiger partial charge in [-0.3, -0.25) is 9.69 Å². The van der Waals surface area contributed by atoms with Gasteiger partial charge >= 0.3 is 0 Å². The average Bonchev–Trinajstić information content (AvgIpc) is 2.29. The van der Waals surface area contributed by atoms with Crippen molar-refractivity contribution in [3.8, 4) is 0 Å². The lowest BCUT2D eigenvalue weighted by Gasteiger charge is -2.15. The van der Waals surface area contributed by atoms with Crippen LogP contribution in [0.3, 0.4) is 0 Å². The molecule has 0 aliphatic carbocycles. The standard InChI is InChI=1S/C13H19N3OS/c1-3-7-16(2)9-12(17)15-11-6-4-5-10(8-11)13(14)18/h4-6,8H,3,7,9H2,1-2H3,(H2,14,18)(H,15,17). The molecule has 0 spiro atoms. The van der Waals surface area contributed by atoms with Crippen LogP contribution in [0.4, 0.5) is 5.69 Å². The minimum Gasteiger partial charge on any atom is -0.389 e. The second-order valence-electron chi connectivity index (χ2n) is 4.23. The van der Waals surface area contributed by atoms with Gasteiger partial charge in [0.15, 0.2) is 0 Å². The number of benzene rings is 1. The maximum Gasteiger partial charge on any atom is 0.238 e. The summed E-state index contributed by atoms with van der Waals surface area (Å²) in [7, 11) is 1.93. The van der Waals surface area contributed by atoms with E-state index in [2.05, 4.69) is 12.2 Å². The van der Waals surface area contributed by atoms with Gasteiger partial charge in [0.05, 0.1) is 6.54 Å². The predicted molar refractivity (Wildman–Crippen MR) is 78.7 cm³/mol. The van der Waals surface area contributed by atoms with Gasteiger partial charge in [-0.2, -0.15) is 0 Å². The van der Waals surface area contributed by atoms with Gasteiger partial charge in [-0.15, -0.1) is 0 Å². The Labute approximate surface area is 113 Å². The maximum absolute atomic E-state index is 11.8. The molecule has 98 valence electrons. The van der Waals surface area contributed by atoms with Crippen LogP contribution in [0, 0.1) is 0 Å². The van der Waals surface area contributed by atoms with Crippen LogP contribution in [0.25, 0.3) is 0 Å². The first-order chi connectivity index (χ1) is 8.52. The summed E-state index contributed by atoms with van der Waals surface area (Å²) in [5, 5.41) is 2.83. The Balaban J connectivity index is 2.59. The van der Waals surface area contributed by atoms with Crippen molar-refractivity contribution >= 4 is 28.8 Å². The molecule has 1 rings (SSSR count). The molecule has 0 aliphatic rings. The summed E-state index contributed by atoms with van der Waals surface area (Å²) >= 11 is 4.90. The lowest BCUT2D eigenvalue weighted by molar-refractivity contribution is -0.117. The van der Waals surface area contributed by atoms with E-state index < -0.39 is 0 Å². The molecule has 4 nitrogen and oxygen atoms in total. The quantitative estimate of drug-likeness (QED) is 0.767. The van der Waals surface area contributed by atoms with Crippen LogP contribution in [-0.2, 0) is 4.79 Å². The summed E-state index contributed by atoms with van der Waals surface area (Å²) in [6, 6.07) is 7.24. The fourth-order valence-corrected chi connectivity index (χ4v) is 1.78. The van der Waals surface area contributed by atoms with Crippen molar-refractivity contribution in [3.63, 3.8) is 0 Å². The summed E-state index contributed by atoms with van der Waals surface area (Å²) in [5.74, 6) is -0.0361. The average molecular weight is 265 g/mol. The Hall–Kier alpha value is -1.46. The molecule has 1 aromatic carbocycles. The summed E-state index contributed by atoms with van der Waals surface area (Å²) in [4.78, 5) is 14.1. The molecule has 3 N–H and O–H groups in total. The molecule has 5 heteroatoms. The van der Waals surface area contributed by atoms with Crippen LogP contribution in [0.1, 0.15) is 18.9 Å². The largest absolute Gasteiger partial charge is 0.389 e. The molecule has 1 aromatic rings. The molecule has 0 atom stereocenters. The highest BCUT2D eigenvalue weighted by Gasteiger charge is 2.06. The number of likely N-dealkylation sites (N-methyl/N-ethyl adjacent to an activating group) is 1. The number of nitrogens with zero attached hydrogens (tertiary/aromatic N) is 1. The second-order valence-corrected chi connectivity index (χ2v) is 4.67. The number of thiocarbonyl (C=S) groups is 1. The SMILES string of the molecule is CCCN(C)CC(=O)Nc1cccc(C(N)=S)c1. The zero-order valence-electron chi connectivity index (χ0n) is 10.8. The fraction of sp³-hybridized carbons (Fsp3) is 0.385. The molecule has 0 heterocycles. The monoisotopic (exact) mass is 265 g/mol. The van der Waals surface area contributed by atoms with Crippen molar-refractivity contribution in [2.24, 2.45) is 5.73 Å². The van der Waals surface area contributed by atoms with Crippen molar-refractivity contribution in [1.29, 1.82) is 0 Å². The number of rotatable bonds is 6.